The van der Waals surface area contributed by atoms with Crippen LogP contribution in [0.3, 0.4) is 0 Å². The molecule has 1 nitrogen and oxygen atoms in total. The Labute approximate surface area is 88.4 Å². The number of halogens is 2. The number of aryl methyl sites for hydroxylation is 1. The van der Waals surface area contributed by atoms with Gasteiger partial charge in [-0.15, -0.1) is 6.58 Å². The summed E-state index contributed by atoms with van der Waals surface area (Å²) >= 11 is 11.9. The first-order valence-electron chi connectivity index (χ1n) is 3.95. The van der Waals surface area contributed by atoms with Gasteiger partial charge < -0.3 is 5.32 Å². The van der Waals surface area contributed by atoms with Gasteiger partial charge >= 0.3 is 0 Å². The zero-order valence-corrected chi connectivity index (χ0v) is 8.91. The summed E-state index contributed by atoms with van der Waals surface area (Å²) in [7, 11) is 0. The topological polar surface area (TPSA) is 12.0 Å². The highest BCUT2D eigenvalue weighted by Gasteiger charge is 2.02. The van der Waals surface area contributed by atoms with Gasteiger partial charge in [0.05, 0.1) is 10.7 Å². The molecule has 0 aliphatic heterocycles. The van der Waals surface area contributed by atoms with Gasteiger partial charge in [0.1, 0.15) is 0 Å². The standard InChI is InChI=1S/C10H11Cl2N/c1-3-4-13-10-6-8(11)7(2)5-9(10)12/h3,5-6,13H,1,4H2,2H3. The SMILES string of the molecule is C=CCNc1cc(Cl)c(C)cc1Cl. The van der Waals surface area contributed by atoms with Crippen LogP contribution in [0.25, 0.3) is 0 Å². The summed E-state index contributed by atoms with van der Waals surface area (Å²) in [5.74, 6) is 0. The van der Waals surface area contributed by atoms with Gasteiger partial charge in [0.25, 0.3) is 0 Å². The van der Waals surface area contributed by atoms with E-state index in [1.54, 1.807) is 6.08 Å². The number of benzene rings is 1. The molecule has 0 heterocycles. The van der Waals surface area contributed by atoms with Crippen molar-refractivity contribution in [1.82, 2.24) is 0 Å². The molecule has 13 heavy (non-hydrogen) atoms. The van der Waals surface area contributed by atoms with E-state index in [4.69, 9.17) is 23.2 Å². The van der Waals surface area contributed by atoms with Gasteiger partial charge in [-0.05, 0) is 24.6 Å². The predicted octanol–water partition coefficient (Wildman–Crippen LogP) is 3.90. The third-order valence-electron chi connectivity index (χ3n) is 1.69. The van der Waals surface area contributed by atoms with Crippen molar-refractivity contribution in [3.63, 3.8) is 0 Å². The van der Waals surface area contributed by atoms with Gasteiger partial charge in [-0.1, -0.05) is 29.3 Å². The van der Waals surface area contributed by atoms with Crippen molar-refractivity contribution in [2.75, 3.05) is 11.9 Å². The van der Waals surface area contributed by atoms with Crippen molar-refractivity contribution in [1.29, 1.82) is 0 Å². The van der Waals surface area contributed by atoms with E-state index < -0.39 is 0 Å². The molecular weight excluding hydrogens is 205 g/mol. The fourth-order valence-electron chi connectivity index (χ4n) is 0.964. The van der Waals surface area contributed by atoms with E-state index in [1.165, 1.54) is 0 Å². The first-order valence-corrected chi connectivity index (χ1v) is 4.71. The average molecular weight is 216 g/mol. The number of rotatable bonds is 3. The highest BCUT2D eigenvalue weighted by Crippen LogP contribution is 2.28. The fourth-order valence-corrected chi connectivity index (χ4v) is 1.41. The van der Waals surface area contributed by atoms with E-state index in [9.17, 15) is 0 Å². The van der Waals surface area contributed by atoms with Gasteiger partial charge in [-0.2, -0.15) is 0 Å². The molecule has 0 aliphatic rings. The van der Waals surface area contributed by atoms with Crippen molar-refractivity contribution in [3.05, 3.63) is 40.4 Å². The van der Waals surface area contributed by atoms with Gasteiger partial charge in [-0.25, -0.2) is 0 Å². The van der Waals surface area contributed by atoms with Crippen molar-refractivity contribution < 1.29 is 0 Å². The van der Waals surface area contributed by atoms with Crippen LogP contribution in [0.2, 0.25) is 10.0 Å². The quantitative estimate of drug-likeness (QED) is 0.755. The smallest absolute Gasteiger partial charge is 0.0641 e. The Bertz CT molecular complexity index is 321. The molecule has 0 atom stereocenters. The first kappa shape index (κ1) is 10.4. The van der Waals surface area contributed by atoms with E-state index >= 15 is 0 Å². The van der Waals surface area contributed by atoms with Gasteiger partial charge in [0, 0.05) is 11.6 Å². The van der Waals surface area contributed by atoms with E-state index in [2.05, 4.69) is 11.9 Å². The summed E-state index contributed by atoms with van der Waals surface area (Å²) in [4.78, 5) is 0. The minimum absolute atomic E-state index is 0.680. The molecule has 0 saturated heterocycles. The summed E-state index contributed by atoms with van der Waals surface area (Å²) in [6.07, 6.45) is 1.77. The normalized spacial score (nSPS) is 9.77. The maximum atomic E-state index is 5.98. The molecule has 1 N–H and O–H groups in total. The zero-order chi connectivity index (χ0) is 9.84. The van der Waals surface area contributed by atoms with Crippen LogP contribution in [-0.2, 0) is 0 Å². The Kier molecular flexibility index (Phi) is 3.64. The second kappa shape index (κ2) is 4.54. The molecular formula is C10H11Cl2N. The Morgan fingerprint density at radius 1 is 1.38 bits per heavy atom. The second-order valence-corrected chi connectivity index (χ2v) is 3.57. The fraction of sp³-hybridized carbons (Fsp3) is 0.200. The summed E-state index contributed by atoms with van der Waals surface area (Å²) in [6.45, 7) is 6.21. The van der Waals surface area contributed by atoms with Crippen LogP contribution in [0.1, 0.15) is 5.56 Å². The van der Waals surface area contributed by atoms with Crippen LogP contribution in [0.15, 0.2) is 24.8 Å². The molecule has 0 unspecified atom stereocenters. The zero-order valence-electron chi connectivity index (χ0n) is 7.40. The lowest BCUT2D eigenvalue weighted by Crippen LogP contribution is -1.98. The molecule has 0 fully saturated rings. The maximum absolute atomic E-state index is 5.98. The van der Waals surface area contributed by atoms with Crippen LogP contribution in [0, 0.1) is 6.92 Å². The van der Waals surface area contributed by atoms with Crippen molar-refractivity contribution in [3.8, 4) is 0 Å². The molecule has 3 heteroatoms. The Balaban J connectivity index is 2.94. The lowest BCUT2D eigenvalue weighted by Gasteiger charge is -2.08. The average Bonchev–Trinajstić information content (AvgIpc) is 2.09. The number of nitrogens with one attached hydrogen (secondary N) is 1. The Hall–Kier alpha value is -0.660. The van der Waals surface area contributed by atoms with Gasteiger partial charge in [0.15, 0.2) is 0 Å². The largest absolute Gasteiger partial charge is 0.380 e. The first-order chi connectivity index (χ1) is 6.15. The lowest BCUT2D eigenvalue weighted by atomic mass is 10.2. The van der Waals surface area contributed by atoms with Gasteiger partial charge in [0.2, 0.25) is 0 Å². The number of hydrogen-bond donors (Lipinski definition) is 1. The van der Waals surface area contributed by atoms with E-state index in [1.807, 2.05) is 19.1 Å². The molecule has 0 aromatic heterocycles. The highest BCUT2D eigenvalue weighted by molar-refractivity contribution is 6.35. The van der Waals surface area contributed by atoms with Gasteiger partial charge in [-0.3, -0.25) is 0 Å². The number of hydrogen-bond acceptors (Lipinski definition) is 1. The minimum Gasteiger partial charge on any atom is -0.380 e. The van der Waals surface area contributed by atoms with E-state index in [-0.39, 0.29) is 0 Å². The minimum atomic E-state index is 0.680. The Morgan fingerprint density at radius 2 is 2.08 bits per heavy atom. The van der Waals surface area contributed by atoms with Crippen molar-refractivity contribution >= 4 is 28.9 Å². The third kappa shape index (κ3) is 2.64. The predicted molar refractivity (Wildman–Crippen MR) is 59.9 cm³/mol. The molecule has 1 aromatic carbocycles. The molecule has 0 amide bonds. The molecule has 0 saturated carbocycles. The third-order valence-corrected chi connectivity index (χ3v) is 2.41. The molecule has 1 aromatic rings. The maximum Gasteiger partial charge on any atom is 0.0641 e. The molecule has 0 bridgehead atoms. The molecule has 0 radical (unpaired) electrons. The summed E-state index contributed by atoms with van der Waals surface area (Å²) in [5.41, 5.74) is 1.83. The molecule has 0 spiro atoms. The van der Waals surface area contributed by atoms with E-state index in [0.717, 1.165) is 16.3 Å². The summed E-state index contributed by atoms with van der Waals surface area (Å²) < 4.78 is 0. The summed E-state index contributed by atoms with van der Waals surface area (Å²) in [6, 6.07) is 3.66. The van der Waals surface area contributed by atoms with Crippen LogP contribution < -0.4 is 5.32 Å². The van der Waals surface area contributed by atoms with Crippen molar-refractivity contribution in [2.24, 2.45) is 0 Å². The van der Waals surface area contributed by atoms with Crippen LogP contribution in [0.4, 0.5) is 5.69 Å². The highest BCUT2D eigenvalue weighted by atomic mass is 35.5. The molecule has 1 rings (SSSR count). The summed E-state index contributed by atoms with van der Waals surface area (Å²) in [5, 5.41) is 4.50. The molecule has 0 aliphatic carbocycles. The van der Waals surface area contributed by atoms with Crippen LogP contribution in [-0.4, -0.2) is 6.54 Å². The van der Waals surface area contributed by atoms with Crippen LogP contribution in [0.5, 0.6) is 0 Å². The number of anilines is 1. The lowest BCUT2D eigenvalue weighted by molar-refractivity contribution is 1.33. The molecule has 70 valence electrons. The van der Waals surface area contributed by atoms with Crippen LogP contribution >= 0.6 is 23.2 Å². The second-order valence-electron chi connectivity index (χ2n) is 2.75. The Morgan fingerprint density at radius 3 is 2.69 bits per heavy atom. The monoisotopic (exact) mass is 215 g/mol. The van der Waals surface area contributed by atoms with E-state index in [0.29, 0.717) is 11.6 Å². The van der Waals surface area contributed by atoms with Crippen molar-refractivity contribution in [2.45, 2.75) is 6.92 Å².